The molecule has 2 N–H and O–H groups in total. The molecule has 1 aromatic heterocycles. The molecular weight excluding hydrogens is 265 g/mol. The van der Waals surface area contributed by atoms with Gasteiger partial charge >= 0.3 is 12.1 Å². The van der Waals surface area contributed by atoms with Crippen molar-refractivity contribution in [3.05, 3.63) is 41.7 Å². The number of benzene rings is 1. The van der Waals surface area contributed by atoms with Crippen LogP contribution in [0.4, 0.5) is 13.2 Å². The summed E-state index contributed by atoms with van der Waals surface area (Å²) in [5.74, 6) is -2.05. The van der Waals surface area contributed by atoms with E-state index in [0.29, 0.717) is 10.9 Å². The third-order valence-electron chi connectivity index (χ3n) is 2.34. The van der Waals surface area contributed by atoms with Crippen molar-refractivity contribution in [2.75, 3.05) is 0 Å². The Morgan fingerprint density at radius 2 is 1.89 bits per heavy atom. The first-order chi connectivity index (χ1) is 8.80. The van der Waals surface area contributed by atoms with E-state index in [4.69, 9.17) is 5.11 Å². The molecule has 1 aromatic carbocycles. The SMILES string of the molecule is O=C(O)c1cn(-c2ccccc2O)nc1C(F)(F)F. The van der Waals surface area contributed by atoms with Crippen LogP contribution in [0.2, 0.25) is 0 Å². The minimum absolute atomic E-state index is 0.0412. The van der Waals surface area contributed by atoms with Gasteiger partial charge in [0, 0.05) is 6.20 Å². The molecule has 0 saturated carbocycles. The van der Waals surface area contributed by atoms with E-state index in [1.165, 1.54) is 24.3 Å². The van der Waals surface area contributed by atoms with Gasteiger partial charge in [-0.05, 0) is 12.1 Å². The van der Waals surface area contributed by atoms with E-state index < -0.39 is 23.4 Å². The molecule has 0 atom stereocenters. The van der Waals surface area contributed by atoms with Crippen LogP contribution in [0.25, 0.3) is 5.69 Å². The summed E-state index contributed by atoms with van der Waals surface area (Å²) in [5.41, 5.74) is -2.53. The number of carboxylic acid groups (broad SMARTS) is 1. The average Bonchev–Trinajstić information content (AvgIpc) is 2.74. The summed E-state index contributed by atoms with van der Waals surface area (Å²) in [4.78, 5) is 10.8. The molecule has 5 nitrogen and oxygen atoms in total. The van der Waals surface area contributed by atoms with Gasteiger partial charge in [-0.25, -0.2) is 9.48 Å². The summed E-state index contributed by atoms with van der Waals surface area (Å²) in [6.07, 6.45) is -4.18. The zero-order valence-electron chi connectivity index (χ0n) is 9.22. The van der Waals surface area contributed by atoms with Gasteiger partial charge in [0.1, 0.15) is 17.0 Å². The van der Waals surface area contributed by atoms with Gasteiger partial charge in [-0.3, -0.25) is 0 Å². The number of carboxylic acids is 1. The molecule has 0 aliphatic carbocycles. The first-order valence-electron chi connectivity index (χ1n) is 4.99. The summed E-state index contributed by atoms with van der Waals surface area (Å²) in [7, 11) is 0. The van der Waals surface area contributed by atoms with Crippen LogP contribution in [0.15, 0.2) is 30.5 Å². The standard InChI is InChI=1S/C11H7F3N2O3/c12-11(13,14)9-6(10(18)19)5-16(15-9)7-3-1-2-4-8(7)17/h1-5,17H,(H,18,19). The number of hydrogen-bond donors (Lipinski definition) is 2. The molecule has 0 aliphatic rings. The molecule has 100 valence electrons. The molecule has 0 fully saturated rings. The average molecular weight is 272 g/mol. The van der Waals surface area contributed by atoms with Gasteiger partial charge in [-0.1, -0.05) is 12.1 Å². The maximum absolute atomic E-state index is 12.6. The lowest BCUT2D eigenvalue weighted by molar-refractivity contribution is -0.141. The second-order valence-electron chi connectivity index (χ2n) is 3.63. The van der Waals surface area contributed by atoms with Crippen molar-refractivity contribution in [2.24, 2.45) is 0 Å². The maximum Gasteiger partial charge on any atom is 0.436 e. The van der Waals surface area contributed by atoms with Crippen LogP contribution in [0.3, 0.4) is 0 Å². The Hall–Kier alpha value is -2.51. The fourth-order valence-corrected chi connectivity index (χ4v) is 1.52. The van der Waals surface area contributed by atoms with Gasteiger partial charge < -0.3 is 10.2 Å². The number of alkyl halides is 3. The van der Waals surface area contributed by atoms with E-state index in [9.17, 15) is 23.1 Å². The zero-order chi connectivity index (χ0) is 14.2. The molecule has 0 bridgehead atoms. The number of carbonyl (C=O) groups is 1. The first kappa shape index (κ1) is 12.9. The van der Waals surface area contributed by atoms with Crippen molar-refractivity contribution in [1.82, 2.24) is 9.78 Å². The van der Waals surface area contributed by atoms with Crippen LogP contribution in [0.5, 0.6) is 5.75 Å². The molecule has 0 radical (unpaired) electrons. The predicted octanol–water partition coefficient (Wildman–Crippen LogP) is 2.29. The molecule has 8 heteroatoms. The quantitative estimate of drug-likeness (QED) is 0.879. The van der Waals surface area contributed by atoms with Crippen LogP contribution >= 0.6 is 0 Å². The van der Waals surface area contributed by atoms with Gasteiger partial charge in [0.2, 0.25) is 0 Å². The lowest BCUT2D eigenvalue weighted by Crippen LogP contribution is -2.12. The van der Waals surface area contributed by atoms with Gasteiger partial charge in [-0.2, -0.15) is 18.3 Å². The third kappa shape index (κ3) is 2.37. The van der Waals surface area contributed by atoms with Gasteiger partial charge in [0.15, 0.2) is 5.69 Å². The largest absolute Gasteiger partial charge is 0.506 e. The highest BCUT2D eigenvalue weighted by atomic mass is 19.4. The van der Waals surface area contributed by atoms with Crippen molar-refractivity contribution in [3.8, 4) is 11.4 Å². The zero-order valence-corrected chi connectivity index (χ0v) is 9.22. The van der Waals surface area contributed by atoms with E-state index in [1.54, 1.807) is 0 Å². The third-order valence-corrected chi connectivity index (χ3v) is 2.34. The molecule has 0 spiro atoms. The van der Waals surface area contributed by atoms with Gasteiger partial charge in [0.05, 0.1) is 0 Å². The van der Waals surface area contributed by atoms with Gasteiger partial charge in [0.25, 0.3) is 0 Å². The highest BCUT2D eigenvalue weighted by Gasteiger charge is 2.39. The summed E-state index contributed by atoms with van der Waals surface area (Å²) in [6.45, 7) is 0. The number of nitrogens with zero attached hydrogens (tertiary/aromatic N) is 2. The van der Waals surface area contributed by atoms with Crippen LogP contribution in [0.1, 0.15) is 16.1 Å². The minimum Gasteiger partial charge on any atom is -0.506 e. The van der Waals surface area contributed by atoms with Crippen LogP contribution in [0, 0.1) is 0 Å². The Kier molecular flexibility index (Phi) is 2.93. The van der Waals surface area contributed by atoms with Crippen LogP contribution in [-0.2, 0) is 6.18 Å². The summed E-state index contributed by atoms with van der Waals surface area (Å²) in [6, 6.07) is 5.52. The lowest BCUT2D eigenvalue weighted by Gasteiger charge is -2.04. The number of aromatic nitrogens is 2. The van der Waals surface area contributed by atoms with E-state index >= 15 is 0 Å². The summed E-state index contributed by atoms with van der Waals surface area (Å²) in [5, 5.41) is 21.4. The van der Waals surface area contributed by atoms with Crippen molar-refractivity contribution in [3.63, 3.8) is 0 Å². The van der Waals surface area contributed by atoms with Crippen LogP contribution < -0.4 is 0 Å². The normalized spacial score (nSPS) is 11.5. The number of phenolic OH excluding ortho intramolecular Hbond substituents is 1. The van der Waals surface area contributed by atoms with Crippen molar-refractivity contribution in [2.45, 2.75) is 6.18 Å². The van der Waals surface area contributed by atoms with E-state index in [0.717, 1.165) is 0 Å². The number of halogens is 3. The molecule has 2 aromatic rings. The van der Waals surface area contributed by atoms with Crippen molar-refractivity contribution >= 4 is 5.97 Å². The first-order valence-corrected chi connectivity index (χ1v) is 4.99. The number of para-hydroxylation sites is 2. The van der Waals surface area contributed by atoms with E-state index in [1.807, 2.05) is 0 Å². The molecule has 2 rings (SSSR count). The number of rotatable bonds is 2. The molecule has 0 amide bonds. The number of phenols is 1. The van der Waals surface area contributed by atoms with Crippen molar-refractivity contribution in [1.29, 1.82) is 0 Å². The topological polar surface area (TPSA) is 75.3 Å². The van der Waals surface area contributed by atoms with E-state index in [2.05, 4.69) is 5.10 Å². The molecule has 1 heterocycles. The Balaban J connectivity index is 2.62. The van der Waals surface area contributed by atoms with Gasteiger partial charge in [-0.15, -0.1) is 0 Å². The predicted molar refractivity (Wildman–Crippen MR) is 57.2 cm³/mol. The number of hydrogen-bond acceptors (Lipinski definition) is 3. The second-order valence-corrected chi connectivity index (χ2v) is 3.63. The Morgan fingerprint density at radius 3 is 2.37 bits per heavy atom. The lowest BCUT2D eigenvalue weighted by atomic mass is 10.2. The van der Waals surface area contributed by atoms with Crippen LogP contribution in [-0.4, -0.2) is 26.0 Å². The minimum atomic E-state index is -4.89. The number of aromatic hydroxyl groups is 1. The highest BCUT2D eigenvalue weighted by molar-refractivity contribution is 5.89. The summed E-state index contributed by atoms with van der Waals surface area (Å²) >= 11 is 0. The molecule has 19 heavy (non-hydrogen) atoms. The molecule has 0 aliphatic heterocycles. The number of aromatic carboxylic acids is 1. The maximum atomic E-state index is 12.6. The second kappa shape index (κ2) is 4.30. The van der Waals surface area contributed by atoms with E-state index in [-0.39, 0.29) is 11.4 Å². The Morgan fingerprint density at radius 1 is 1.26 bits per heavy atom. The summed E-state index contributed by atoms with van der Waals surface area (Å²) < 4.78 is 38.6. The fourth-order valence-electron chi connectivity index (χ4n) is 1.52. The Bertz CT molecular complexity index is 634. The monoisotopic (exact) mass is 272 g/mol. The molecular formula is C11H7F3N2O3. The fraction of sp³-hybridized carbons (Fsp3) is 0.0909. The highest BCUT2D eigenvalue weighted by Crippen LogP contribution is 2.32. The molecule has 0 saturated heterocycles. The van der Waals surface area contributed by atoms with Crippen molar-refractivity contribution < 1.29 is 28.2 Å². The molecule has 0 unspecified atom stereocenters. The Labute approximate surface area is 104 Å². The smallest absolute Gasteiger partial charge is 0.436 e.